The second-order valence-electron chi connectivity index (χ2n) is 6.53. The van der Waals surface area contributed by atoms with Gasteiger partial charge in [-0.05, 0) is 41.8 Å². The molecule has 0 fully saturated rings. The summed E-state index contributed by atoms with van der Waals surface area (Å²) in [5, 5.41) is 3.23. The highest BCUT2D eigenvalue weighted by molar-refractivity contribution is 5.95. The van der Waals surface area contributed by atoms with Crippen molar-refractivity contribution >= 4 is 17.4 Å². The number of rotatable bonds is 4. The van der Waals surface area contributed by atoms with Gasteiger partial charge in [-0.3, -0.25) is 4.79 Å². The molecule has 3 aromatic rings. The number of ether oxygens (including phenoxy) is 1. The molecule has 27 heavy (non-hydrogen) atoms. The Kier molecular flexibility index (Phi) is 4.75. The molecule has 0 atom stereocenters. The largest absolute Gasteiger partial charge is 0.497 e. The molecule has 2 heterocycles. The Morgan fingerprint density at radius 3 is 2.78 bits per heavy atom. The van der Waals surface area contributed by atoms with Crippen LogP contribution in [-0.4, -0.2) is 29.4 Å². The number of anilines is 2. The quantitative estimate of drug-likeness (QED) is 0.764. The van der Waals surface area contributed by atoms with Gasteiger partial charge in [0.2, 0.25) is 0 Å². The minimum Gasteiger partial charge on any atom is -0.497 e. The lowest BCUT2D eigenvalue weighted by Gasteiger charge is -2.29. The van der Waals surface area contributed by atoms with Crippen LogP contribution in [0.1, 0.15) is 21.5 Å². The highest BCUT2D eigenvalue weighted by Gasteiger charge is 2.21. The number of benzene rings is 2. The van der Waals surface area contributed by atoms with Crippen molar-refractivity contribution in [3.05, 3.63) is 83.6 Å². The number of pyridine rings is 1. The van der Waals surface area contributed by atoms with E-state index in [1.54, 1.807) is 25.4 Å². The second kappa shape index (κ2) is 7.50. The molecule has 0 spiro atoms. The van der Waals surface area contributed by atoms with Crippen molar-refractivity contribution < 1.29 is 9.53 Å². The summed E-state index contributed by atoms with van der Waals surface area (Å²) in [5.74, 6) is 1.42. The van der Waals surface area contributed by atoms with Gasteiger partial charge in [0.05, 0.1) is 7.11 Å². The molecule has 2 aromatic carbocycles. The van der Waals surface area contributed by atoms with E-state index in [-0.39, 0.29) is 5.91 Å². The molecule has 5 nitrogen and oxygen atoms in total. The standard InChI is InChI=1S/C22H21N3O2/c1-27-20-8-4-7-19(14-20)24-21-13-17(9-11-23-21)22(26)25-12-10-16-5-2-3-6-18(16)15-25/h2-9,11,13-14H,10,12,15H2,1H3,(H,23,24). The average Bonchev–Trinajstić information content (AvgIpc) is 2.73. The molecule has 1 N–H and O–H groups in total. The van der Waals surface area contributed by atoms with E-state index in [1.165, 1.54) is 11.1 Å². The van der Waals surface area contributed by atoms with Gasteiger partial charge < -0.3 is 15.0 Å². The van der Waals surface area contributed by atoms with Crippen LogP contribution in [0.5, 0.6) is 5.75 Å². The first-order chi connectivity index (χ1) is 13.2. The number of carbonyl (C=O) groups is 1. The van der Waals surface area contributed by atoms with Crippen molar-refractivity contribution in [3.63, 3.8) is 0 Å². The Morgan fingerprint density at radius 1 is 1.07 bits per heavy atom. The lowest BCUT2D eigenvalue weighted by molar-refractivity contribution is 0.0734. The number of methoxy groups -OCH3 is 1. The summed E-state index contributed by atoms with van der Waals surface area (Å²) < 4.78 is 5.24. The van der Waals surface area contributed by atoms with Gasteiger partial charge in [0, 0.05) is 36.6 Å². The first kappa shape index (κ1) is 17.1. The van der Waals surface area contributed by atoms with Crippen LogP contribution in [0, 0.1) is 0 Å². The molecule has 136 valence electrons. The molecule has 1 aliphatic rings. The predicted octanol–water partition coefficient (Wildman–Crippen LogP) is 4.03. The maximum Gasteiger partial charge on any atom is 0.254 e. The highest BCUT2D eigenvalue weighted by Crippen LogP contribution is 2.23. The Bertz CT molecular complexity index is 971. The number of amides is 1. The second-order valence-corrected chi connectivity index (χ2v) is 6.53. The molecule has 0 unspecified atom stereocenters. The zero-order valence-corrected chi connectivity index (χ0v) is 15.2. The van der Waals surface area contributed by atoms with Gasteiger partial charge in [0.15, 0.2) is 0 Å². The summed E-state index contributed by atoms with van der Waals surface area (Å²) in [7, 11) is 1.63. The van der Waals surface area contributed by atoms with E-state index in [0.29, 0.717) is 17.9 Å². The number of nitrogens with one attached hydrogen (secondary N) is 1. The van der Waals surface area contributed by atoms with Crippen LogP contribution in [0.4, 0.5) is 11.5 Å². The Hall–Kier alpha value is -3.34. The summed E-state index contributed by atoms with van der Waals surface area (Å²) >= 11 is 0. The fourth-order valence-corrected chi connectivity index (χ4v) is 3.33. The molecule has 1 aliphatic heterocycles. The van der Waals surface area contributed by atoms with E-state index in [2.05, 4.69) is 28.5 Å². The Balaban J connectivity index is 1.51. The molecule has 0 saturated heterocycles. The fourth-order valence-electron chi connectivity index (χ4n) is 3.33. The fraction of sp³-hybridized carbons (Fsp3) is 0.182. The lowest BCUT2D eigenvalue weighted by Crippen LogP contribution is -2.35. The van der Waals surface area contributed by atoms with Crippen molar-refractivity contribution in [1.29, 1.82) is 0 Å². The zero-order chi connectivity index (χ0) is 18.6. The van der Waals surface area contributed by atoms with E-state index in [9.17, 15) is 4.79 Å². The highest BCUT2D eigenvalue weighted by atomic mass is 16.5. The molecule has 5 heteroatoms. The number of fused-ring (bicyclic) bond motifs is 1. The number of carbonyl (C=O) groups excluding carboxylic acids is 1. The van der Waals surface area contributed by atoms with Gasteiger partial charge in [-0.2, -0.15) is 0 Å². The van der Waals surface area contributed by atoms with E-state index in [4.69, 9.17) is 4.74 Å². The van der Waals surface area contributed by atoms with Crippen LogP contribution in [-0.2, 0) is 13.0 Å². The van der Waals surface area contributed by atoms with Crippen LogP contribution < -0.4 is 10.1 Å². The number of hydrogen-bond donors (Lipinski definition) is 1. The van der Waals surface area contributed by atoms with Crippen LogP contribution >= 0.6 is 0 Å². The molecule has 4 rings (SSSR count). The molecule has 0 radical (unpaired) electrons. The minimum atomic E-state index is 0.0283. The van der Waals surface area contributed by atoms with Gasteiger partial charge in [-0.15, -0.1) is 0 Å². The molecule has 1 amide bonds. The van der Waals surface area contributed by atoms with Gasteiger partial charge in [-0.1, -0.05) is 30.3 Å². The van der Waals surface area contributed by atoms with E-state index < -0.39 is 0 Å². The summed E-state index contributed by atoms with van der Waals surface area (Å²) in [4.78, 5) is 19.2. The summed E-state index contributed by atoms with van der Waals surface area (Å²) in [6.07, 6.45) is 2.55. The van der Waals surface area contributed by atoms with Gasteiger partial charge in [-0.25, -0.2) is 4.98 Å². The van der Waals surface area contributed by atoms with Crippen molar-refractivity contribution in [3.8, 4) is 5.75 Å². The Labute approximate surface area is 158 Å². The zero-order valence-electron chi connectivity index (χ0n) is 15.2. The summed E-state index contributed by atoms with van der Waals surface area (Å²) in [6.45, 7) is 1.38. The molecule has 1 aromatic heterocycles. The van der Waals surface area contributed by atoms with Crippen molar-refractivity contribution in [2.75, 3.05) is 19.0 Å². The van der Waals surface area contributed by atoms with Crippen LogP contribution in [0.2, 0.25) is 0 Å². The number of aromatic nitrogens is 1. The smallest absolute Gasteiger partial charge is 0.254 e. The Morgan fingerprint density at radius 2 is 1.93 bits per heavy atom. The maximum atomic E-state index is 13.0. The van der Waals surface area contributed by atoms with Gasteiger partial charge in [0.1, 0.15) is 11.6 Å². The monoisotopic (exact) mass is 359 g/mol. The molecule has 0 bridgehead atoms. The van der Waals surface area contributed by atoms with E-state index in [1.807, 2.05) is 35.2 Å². The molecular formula is C22H21N3O2. The minimum absolute atomic E-state index is 0.0283. The van der Waals surface area contributed by atoms with Crippen molar-refractivity contribution in [2.45, 2.75) is 13.0 Å². The van der Waals surface area contributed by atoms with Gasteiger partial charge in [0.25, 0.3) is 5.91 Å². The van der Waals surface area contributed by atoms with Crippen LogP contribution in [0.15, 0.2) is 66.9 Å². The van der Waals surface area contributed by atoms with Crippen LogP contribution in [0.25, 0.3) is 0 Å². The summed E-state index contributed by atoms with van der Waals surface area (Å²) in [5.41, 5.74) is 4.05. The number of nitrogens with zero attached hydrogens (tertiary/aromatic N) is 2. The molecule has 0 saturated carbocycles. The SMILES string of the molecule is COc1cccc(Nc2cc(C(=O)N3CCc4ccccc4C3)ccn2)c1. The maximum absolute atomic E-state index is 13.0. The third-order valence-corrected chi connectivity index (χ3v) is 4.77. The first-order valence-electron chi connectivity index (χ1n) is 8.96. The normalized spacial score (nSPS) is 13.0. The van der Waals surface area contributed by atoms with E-state index in [0.717, 1.165) is 24.4 Å². The first-order valence-corrected chi connectivity index (χ1v) is 8.96. The van der Waals surface area contributed by atoms with E-state index >= 15 is 0 Å². The molecule has 0 aliphatic carbocycles. The van der Waals surface area contributed by atoms with Crippen LogP contribution in [0.3, 0.4) is 0 Å². The topological polar surface area (TPSA) is 54.5 Å². The lowest BCUT2D eigenvalue weighted by atomic mass is 9.99. The van der Waals surface area contributed by atoms with Crippen molar-refractivity contribution in [2.24, 2.45) is 0 Å². The number of hydrogen-bond acceptors (Lipinski definition) is 4. The van der Waals surface area contributed by atoms with Crippen molar-refractivity contribution in [1.82, 2.24) is 9.88 Å². The third-order valence-electron chi connectivity index (χ3n) is 4.77. The predicted molar refractivity (Wildman–Crippen MR) is 105 cm³/mol. The summed E-state index contributed by atoms with van der Waals surface area (Å²) in [6, 6.07) is 19.5. The average molecular weight is 359 g/mol. The molecular weight excluding hydrogens is 338 g/mol. The van der Waals surface area contributed by atoms with Gasteiger partial charge >= 0.3 is 0 Å². The third kappa shape index (κ3) is 3.77.